The summed E-state index contributed by atoms with van der Waals surface area (Å²) in [7, 11) is 2.00. The fourth-order valence-electron chi connectivity index (χ4n) is 2.24. The quantitative estimate of drug-likeness (QED) is 0.860. The number of nitrogens with zero attached hydrogens (tertiary/aromatic N) is 3. The maximum atomic E-state index is 4.64. The van der Waals surface area contributed by atoms with Gasteiger partial charge in [0.05, 0.1) is 32.6 Å². The minimum atomic E-state index is 0.242. The number of rotatable bonds is 6. The van der Waals surface area contributed by atoms with Crippen molar-refractivity contribution in [3.8, 4) is 0 Å². The molecule has 20 heavy (non-hydrogen) atoms. The Morgan fingerprint density at radius 2 is 2.20 bits per heavy atom. The zero-order valence-electron chi connectivity index (χ0n) is 12.4. The third-order valence-corrected chi connectivity index (χ3v) is 5.12. The van der Waals surface area contributed by atoms with Gasteiger partial charge in [0.25, 0.3) is 0 Å². The highest BCUT2D eigenvalue weighted by molar-refractivity contribution is 9.10. The molecule has 0 spiro atoms. The minimum absolute atomic E-state index is 0.242. The van der Waals surface area contributed by atoms with Crippen LogP contribution in [-0.2, 0) is 13.5 Å². The second-order valence-corrected chi connectivity index (χ2v) is 6.83. The summed E-state index contributed by atoms with van der Waals surface area (Å²) in [5, 5.41) is 11.3. The van der Waals surface area contributed by atoms with E-state index in [0.717, 1.165) is 40.3 Å². The first-order valence-corrected chi connectivity index (χ1v) is 8.53. The molecule has 2 rings (SSSR count). The summed E-state index contributed by atoms with van der Waals surface area (Å²) in [5.74, 6) is 0. The van der Waals surface area contributed by atoms with Gasteiger partial charge in [0.15, 0.2) is 0 Å². The molecule has 2 aromatic rings. The summed E-state index contributed by atoms with van der Waals surface area (Å²) in [6.07, 6.45) is 2.01. The molecule has 6 heteroatoms. The van der Waals surface area contributed by atoms with E-state index in [-0.39, 0.29) is 6.04 Å². The molecule has 1 N–H and O–H groups in total. The Hall–Kier alpha value is -0.720. The molecule has 4 nitrogen and oxygen atoms in total. The Balaban J connectivity index is 2.23. The van der Waals surface area contributed by atoms with Crippen LogP contribution in [0.2, 0.25) is 0 Å². The van der Waals surface area contributed by atoms with E-state index in [1.165, 1.54) is 5.69 Å². The average molecular weight is 357 g/mol. The molecule has 0 saturated heterocycles. The van der Waals surface area contributed by atoms with Gasteiger partial charge in [-0.05, 0) is 42.7 Å². The number of hydrogen-bond donors (Lipinski definition) is 1. The molecule has 0 aliphatic rings. The van der Waals surface area contributed by atoms with Crippen LogP contribution in [0.25, 0.3) is 0 Å². The normalized spacial score (nSPS) is 12.8. The third-order valence-electron chi connectivity index (χ3n) is 3.29. The fraction of sp³-hybridized carbons (Fsp3) is 0.571. The van der Waals surface area contributed by atoms with E-state index >= 15 is 0 Å². The van der Waals surface area contributed by atoms with Crippen LogP contribution in [0.1, 0.15) is 41.5 Å². The van der Waals surface area contributed by atoms with Gasteiger partial charge in [-0.25, -0.2) is 4.98 Å². The van der Waals surface area contributed by atoms with E-state index in [9.17, 15) is 0 Å². The van der Waals surface area contributed by atoms with Crippen molar-refractivity contribution in [3.63, 3.8) is 0 Å². The summed E-state index contributed by atoms with van der Waals surface area (Å²) in [5.41, 5.74) is 3.37. The molecular weight excluding hydrogens is 336 g/mol. The highest BCUT2D eigenvalue weighted by atomic mass is 79.9. The molecule has 0 radical (unpaired) electrons. The van der Waals surface area contributed by atoms with Gasteiger partial charge in [-0.3, -0.25) is 4.68 Å². The van der Waals surface area contributed by atoms with Gasteiger partial charge < -0.3 is 5.32 Å². The average Bonchev–Trinajstić information content (AvgIpc) is 2.93. The predicted molar refractivity (Wildman–Crippen MR) is 87.2 cm³/mol. The zero-order chi connectivity index (χ0) is 14.7. The molecule has 0 aromatic carbocycles. The van der Waals surface area contributed by atoms with Crippen LogP contribution in [-0.4, -0.2) is 21.3 Å². The monoisotopic (exact) mass is 356 g/mol. The molecule has 2 aromatic heterocycles. The second-order valence-electron chi connectivity index (χ2n) is 4.97. The highest BCUT2D eigenvalue weighted by Gasteiger charge is 2.19. The number of thiazole rings is 1. The van der Waals surface area contributed by atoms with Crippen molar-refractivity contribution in [2.75, 3.05) is 6.54 Å². The topological polar surface area (TPSA) is 42.7 Å². The summed E-state index contributed by atoms with van der Waals surface area (Å²) in [6.45, 7) is 7.25. The van der Waals surface area contributed by atoms with Crippen LogP contribution in [0.5, 0.6) is 0 Å². The predicted octanol–water partition coefficient (Wildman–Crippen LogP) is 3.54. The SMILES string of the molecule is CCCNC(Cc1c(Br)c(C)nn1C)c1csc(C)n1. The first-order valence-electron chi connectivity index (χ1n) is 6.86. The van der Waals surface area contributed by atoms with Crippen molar-refractivity contribution in [1.29, 1.82) is 0 Å². The van der Waals surface area contributed by atoms with Crippen molar-refractivity contribution in [2.45, 2.75) is 39.7 Å². The van der Waals surface area contributed by atoms with Gasteiger partial charge in [-0.15, -0.1) is 11.3 Å². The van der Waals surface area contributed by atoms with E-state index in [2.05, 4.69) is 50.6 Å². The van der Waals surface area contributed by atoms with Crippen molar-refractivity contribution >= 4 is 27.3 Å². The summed E-state index contributed by atoms with van der Waals surface area (Å²) >= 11 is 5.35. The standard InChI is InChI=1S/C14H21BrN4S/c1-5-6-16-11(12-8-20-10(3)17-12)7-13-14(15)9(2)18-19(13)4/h8,11,16H,5-7H2,1-4H3. The lowest BCUT2D eigenvalue weighted by molar-refractivity contribution is 0.502. The summed E-state index contributed by atoms with van der Waals surface area (Å²) in [6, 6.07) is 0.242. The number of hydrogen-bond acceptors (Lipinski definition) is 4. The number of aromatic nitrogens is 3. The molecule has 110 valence electrons. The lowest BCUT2D eigenvalue weighted by Crippen LogP contribution is -2.25. The molecule has 0 aliphatic heterocycles. The van der Waals surface area contributed by atoms with Gasteiger partial charge in [-0.2, -0.15) is 5.10 Å². The smallest absolute Gasteiger partial charge is 0.0898 e. The summed E-state index contributed by atoms with van der Waals surface area (Å²) in [4.78, 5) is 4.64. The maximum Gasteiger partial charge on any atom is 0.0898 e. The Labute approximate surface area is 132 Å². The van der Waals surface area contributed by atoms with Gasteiger partial charge in [-0.1, -0.05) is 6.92 Å². The summed E-state index contributed by atoms with van der Waals surface area (Å²) < 4.78 is 3.06. The van der Waals surface area contributed by atoms with Gasteiger partial charge in [0.2, 0.25) is 0 Å². The molecule has 2 heterocycles. The van der Waals surface area contributed by atoms with Crippen LogP contribution in [0.3, 0.4) is 0 Å². The lowest BCUT2D eigenvalue weighted by Gasteiger charge is -2.17. The van der Waals surface area contributed by atoms with Crippen molar-refractivity contribution in [3.05, 3.63) is 31.9 Å². The second kappa shape index (κ2) is 6.83. The maximum absolute atomic E-state index is 4.64. The number of aryl methyl sites for hydroxylation is 3. The Morgan fingerprint density at radius 1 is 1.45 bits per heavy atom. The lowest BCUT2D eigenvalue weighted by atomic mass is 10.1. The fourth-order valence-corrected chi connectivity index (χ4v) is 3.40. The van der Waals surface area contributed by atoms with Crippen LogP contribution < -0.4 is 5.32 Å². The van der Waals surface area contributed by atoms with Crippen LogP contribution in [0, 0.1) is 13.8 Å². The molecule has 0 amide bonds. The van der Waals surface area contributed by atoms with Crippen LogP contribution >= 0.6 is 27.3 Å². The molecule has 0 saturated carbocycles. The Kier molecular flexibility index (Phi) is 5.35. The van der Waals surface area contributed by atoms with Gasteiger partial charge in [0, 0.05) is 18.8 Å². The Bertz CT molecular complexity index is 576. The molecule has 1 atom stereocenters. The molecule has 0 bridgehead atoms. The van der Waals surface area contributed by atoms with Crippen LogP contribution in [0.4, 0.5) is 0 Å². The molecular formula is C14H21BrN4S. The van der Waals surface area contributed by atoms with E-state index in [0.29, 0.717) is 0 Å². The van der Waals surface area contributed by atoms with Crippen molar-refractivity contribution in [1.82, 2.24) is 20.1 Å². The van der Waals surface area contributed by atoms with E-state index in [4.69, 9.17) is 0 Å². The minimum Gasteiger partial charge on any atom is -0.308 e. The molecule has 0 fully saturated rings. The number of nitrogens with one attached hydrogen (secondary N) is 1. The highest BCUT2D eigenvalue weighted by Crippen LogP contribution is 2.26. The van der Waals surface area contributed by atoms with E-state index in [1.54, 1.807) is 11.3 Å². The van der Waals surface area contributed by atoms with Crippen molar-refractivity contribution in [2.24, 2.45) is 7.05 Å². The molecule has 0 aliphatic carbocycles. The third kappa shape index (κ3) is 3.48. The Morgan fingerprint density at radius 3 is 2.70 bits per heavy atom. The van der Waals surface area contributed by atoms with Crippen molar-refractivity contribution < 1.29 is 0 Å². The first-order chi connectivity index (χ1) is 9.52. The van der Waals surface area contributed by atoms with E-state index < -0.39 is 0 Å². The van der Waals surface area contributed by atoms with Gasteiger partial charge >= 0.3 is 0 Å². The van der Waals surface area contributed by atoms with Gasteiger partial charge in [0.1, 0.15) is 0 Å². The number of halogens is 1. The molecule has 1 unspecified atom stereocenters. The largest absolute Gasteiger partial charge is 0.308 e. The van der Waals surface area contributed by atoms with E-state index in [1.807, 2.05) is 18.7 Å². The first kappa shape index (κ1) is 15.7. The van der Waals surface area contributed by atoms with Crippen LogP contribution in [0.15, 0.2) is 9.85 Å². The zero-order valence-corrected chi connectivity index (χ0v) is 14.8.